The number of hydrogen-bond donors (Lipinski definition) is 2. The van der Waals surface area contributed by atoms with Gasteiger partial charge < -0.3 is 20.3 Å². The molecule has 0 aromatic heterocycles. The second-order valence-corrected chi connectivity index (χ2v) is 7.17. The summed E-state index contributed by atoms with van der Waals surface area (Å²) in [6, 6.07) is 0.286. The van der Waals surface area contributed by atoms with Crippen LogP contribution < -0.4 is 10.6 Å². The van der Waals surface area contributed by atoms with Gasteiger partial charge in [-0.15, -0.1) is 0 Å². The van der Waals surface area contributed by atoms with Crippen LogP contribution in [-0.2, 0) is 9.53 Å². The minimum atomic E-state index is -0.730. The van der Waals surface area contributed by atoms with Crippen molar-refractivity contribution in [3.05, 3.63) is 0 Å². The maximum absolute atomic E-state index is 12.7. The second-order valence-electron chi connectivity index (χ2n) is 7.17. The Morgan fingerprint density at radius 2 is 2.00 bits per heavy atom. The van der Waals surface area contributed by atoms with Crippen molar-refractivity contribution in [1.82, 2.24) is 15.5 Å². The van der Waals surface area contributed by atoms with E-state index >= 15 is 0 Å². The molecule has 2 fully saturated rings. The number of ether oxygens (including phenoxy) is 1. The van der Waals surface area contributed by atoms with E-state index < -0.39 is 17.2 Å². The van der Waals surface area contributed by atoms with E-state index in [1.165, 1.54) is 0 Å². The van der Waals surface area contributed by atoms with E-state index in [2.05, 4.69) is 17.6 Å². The summed E-state index contributed by atoms with van der Waals surface area (Å²) in [7, 11) is 0. The summed E-state index contributed by atoms with van der Waals surface area (Å²) in [6.07, 6.45) is 1.83. The van der Waals surface area contributed by atoms with Gasteiger partial charge in [0.1, 0.15) is 11.1 Å². The van der Waals surface area contributed by atoms with Gasteiger partial charge in [0.15, 0.2) is 0 Å². The third-order valence-electron chi connectivity index (χ3n) is 3.78. The Hall–Kier alpha value is -1.30. The summed E-state index contributed by atoms with van der Waals surface area (Å²) in [5.74, 6) is 0.0314. The van der Waals surface area contributed by atoms with Gasteiger partial charge >= 0.3 is 6.09 Å². The summed E-state index contributed by atoms with van der Waals surface area (Å²) in [6.45, 7) is 9.89. The van der Waals surface area contributed by atoms with Gasteiger partial charge in [0.2, 0.25) is 5.91 Å². The van der Waals surface area contributed by atoms with E-state index in [4.69, 9.17) is 4.74 Å². The molecule has 0 spiro atoms. The van der Waals surface area contributed by atoms with Crippen molar-refractivity contribution in [3.8, 4) is 0 Å². The Kier molecular flexibility index (Phi) is 4.46. The largest absolute Gasteiger partial charge is 0.444 e. The smallest absolute Gasteiger partial charge is 0.408 e. The molecule has 1 aliphatic heterocycles. The molecule has 1 atom stereocenters. The maximum atomic E-state index is 12.7. The van der Waals surface area contributed by atoms with E-state index in [1.807, 2.05) is 25.7 Å². The normalized spacial score (nSPS) is 25.0. The van der Waals surface area contributed by atoms with Crippen LogP contribution in [0.4, 0.5) is 4.79 Å². The zero-order chi connectivity index (χ0) is 15.7. The first-order valence-corrected chi connectivity index (χ1v) is 7.76. The van der Waals surface area contributed by atoms with Gasteiger partial charge in [0, 0.05) is 19.1 Å². The number of nitrogens with zero attached hydrogens (tertiary/aromatic N) is 1. The summed E-state index contributed by atoms with van der Waals surface area (Å²) in [5, 5.41) is 6.15. The number of carbonyl (C=O) groups is 2. The SMILES string of the molecule is CC1CN(C(=O)C2(NC(=O)OC(C)(C)C)CC2)CCCN1. The van der Waals surface area contributed by atoms with Crippen molar-refractivity contribution in [3.63, 3.8) is 0 Å². The first-order valence-electron chi connectivity index (χ1n) is 7.76. The molecular weight excluding hydrogens is 270 g/mol. The average molecular weight is 297 g/mol. The third-order valence-corrected chi connectivity index (χ3v) is 3.78. The van der Waals surface area contributed by atoms with Gasteiger partial charge in [-0.1, -0.05) is 0 Å². The Morgan fingerprint density at radius 1 is 1.33 bits per heavy atom. The predicted molar refractivity (Wildman–Crippen MR) is 80.0 cm³/mol. The minimum absolute atomic E-state index is 0.0314. The minimum Gasteiger partial charge on any atom is -0.444 e. The highest BCUT2D eigenvalue weighted by Crippen LogP contribution is 2.37. The molecule has 2 N–H and O–H groups in total. The molecule has 1 saturated carbocycles. The molecule has 2 amide bonds. The number of carbonyl (C=O) groups excluding carboxylic acids is 2. The van der Waals surface area contributed by atoms with Crippen LogP contribution in [-0.4, -0.2) is 53.7 Å². The van der Waals surface area contributed by atoms with Crippen LogP contribution in [0.15, 0.2) is 0 Å². The van der Waals surface area contributed by atoms with Crippen LogP contribution in [0, 0.1) is 0 Å². The molecular formula is C15H27N3O3. The van der Waals surface area contributed by atoms with E-state index in [9.17, 15) is 9.59 Å². The molecule has 0 aromatic carbocycles. The van der Waals surface area contributed by atoms with Crippen LogP contribution in [0.1, 0.15) is 47.0 Å². The fourth-order valence-corrected chi connectivity index (χ4v) is 2.61. The lowest BCUT2D eigenvalue weighted by atomic mass is 10.2. The summed E-state index contributed by atoms with van der Waals surface area (Å²) in [4.78, 5) is 26.5. The van der Waals surface area contributed by atoms with Crippen LogP contribution >= 0.6 is 0 Å². The lowest BCUT2D eigenvalue weighted by Crippen LogP contribution is -2.53. The molecule has 1 saturated heterocycles. The van der Waals surface area contributed by atoms with E-state index in [0.717, 1.165) is 19.5 Å². The summed E-state index contributed by atoms with van der Waals surface area (Å²) in [5.41, 5.74) is -1.28. The lowest BCUT2D eigenvalue weighted by molar-refractivity contribution is -0.134. The topological polar surface area (TPSA) is 70.7 Å². The van der Waals surface area contributed by atoms with Crippen molar-refractivity contribution in [1.29, 1.82) is 0 Å². The molecule has 1 unspecified atom stereocenters. The van der Waals surface area contributed by atoms with Crippen LogP contribution in [0.5, 0.6) is 0 Å². The number of amides is 2. The number of alkyl carbamates (subject to hydrolysis) is 1. The van der Waals surface area contributed by atoms with Gasteiger partial charge in [-0.05, 0) is 53.5 Å². The molecule has 21 heavy (non-hydrogen) atoms. The molecule has 2 rings (SSSR count). The Morgan fingerprint density at radius 3 is 2.57 bits per heavy atom. The Balaban J connectivity index is 1.96. The van der Waals surface area contributed by atoms with Crippen LogP contribution in [0.2, 0.25) is 0 Å². The molecule has 6 heteroatoms. The molecule has 1 aliphatic carbocycles. The first kappa shape index (κ1) is 16.1. The molecule has 1 heterocycles. The highest BCUT2D eigenvalue weighted by Gasteiger charge is 2.53. The fourth-order valence-electron chi connectivity index (χ4n) is 2.61. The lowest BCUT2D eigenvalue weighted by Gasteiger charge is -2.29. The van der Waals surface area contributed by atoms with Gasteiger partial charge in [-0.2, -0.15) is 0 Å². The number of rotatable bonds is 2. The van der Waals surface area contributed by atoms with E-state index in [-0.39, 0.29) is 11.9 Å². The Bertz CT molecular complexity index is 413. The fraction of sp³-hybridized carbons (Fsp3) is 0.867. The summed E-state index contributed by atoms with van der Waals surface area (Å²) < 4.78 is 5.26. The van der Waals surface area contributed by atoms with E-state index in [1.54, 1.807) is 0 Å². The predicted octanol–water partition coefficient (Wildman–Crippen LogP) is 1.25. The second kappa shape index (κ2) is 5.83. The standard InChI is InChI=1S/C15H27N3O3/c1-11-10-18(9-5-8-16-11)12(19)15(6-7-15)17-13(20)21-14(2,3)4/h11,16H,5-10H2,1-4H3,(H,17,20). The molecule has 0 aromatic rings. The number of hydrogen-bond acceptors (Lipinski definition) is 4. The highest BCUT2D eigenvalue weighted by atomic mass is 16.6. The third kappa shape index (κ3) is 4.33. The monoisotopic (exact) mass is 297 g/mol. The van der Waals surface area contributed by atoms with Gasteiger partial charge in [-0.25, -0.2) is 4.79 Å². The van der Waals surface area contributed by atoms with E-state index in [0.29, 0.717) is 19.4 Å². The highest BCUT2D eigenvalue weighted by molar-refractivity contribution is 5.93. The molecule has 0 bridgehead atoms. The van der Waals surface area contributed by atoms with Crippen molar-refractivity contribution in [2.45, 2.75) is 64.1 Å². The van der Waals surface area contributed by atoms with Crippen LogP contribution in [0.25, 0.3) is 0 Å². The van der Waals surface area contributed by atoms with Crippen molar-refractivity contribution in [2.24, 2.45) is 0 Å². The number of nitrogens with one attached hydrogen (secondary N) is 2. The molecule has 0 radical (unpaired) electrons. The van der Waals surface area contributed by atoms with Gasteiger partial charge in [0.05, 0.1) is 0 Å². The zero-order valence-electron chi connectivity index (χ0n) is 13.5. The van der Waals surface area contributed by atoms with Gasteiger partial charge in [-0.3, -0.25) is 4.79 Å². The quantitative estimate of drug-likeness (QED) is 0.805. The Labute approximate surface area is 126 Å². The molecule has 2 aliphatic rings. The molecule has 120 valence electrons. The average Bonchev–Trinajstić information content (AvgIpc) is 3.11. The van der Waals surface area contributed by atoms with Gasteiger partial charge in [0.25, 0.3) is 0 Å². The zero-order valence-corrected chi connectivity index (χ0v) is 13.5. The maximum Gasteiger partial charge on any atom is 0.408 e. The van der Waals surface area contributed by atoms with Crippen molar-refractivity contribution < 1.29 is 14.3 Å². The van der Waals surface area contributed by atoms with Crippen molar-refractivity contribution in [2.75, 3.05) is 19.6 Å². The first-order chi connectivity index (χ1) is 9.72. The summed E-state index contributed by atoms with van der Waals surface area (Å²) >= 11 is 0. The van der Waals surface area contributed by atoms with Crippen LogP contribution in [0.3, 0.4) is 0 Å². The van der Waals surface area contributed by atoms with Crippen molar-refractivity contribution >= 4 is 12.0 Å². The molecule has 6 nitrogen and oxygen atoms in total.